The number of carbonyl (C=O) groups excluding carboxylic acids is 1. The Bertz CT molecular complexity index is 1260. The number of hydrogen-bond acceptors (Lipinski definition) is 3. The summed E-state index contributed by atoms with van der Waals surface area (Å²) in [6.07, 6.45) is 2.91. The number of rotatable bonds is 7. The number of nitrogens with one attached hydrogen (secondary N) is 1. The third-order valence-corrected chi connectivity index (χ3v) is 8.49. The molecule has 2 heterocycles. The highest BCUT2D eigenvalue weighted by Crippen LogP contribution is 2.69. The molecule has 1 aromatic heterocycles. The number of benzene rings is 1. The van der Waals surface area contributed by atoms with Crippen LogP contribution in [0.4, 0.5) is 19.0 Å². The van der Waals surface area contributed by atoms with E-state index in [-0.39, 0.29) is 34.6 Å². The number of aromatic nitrogens is 1. The second-order valence-corrected chi connectivity index (χ2v) is 11.0. The monoisotopic (exact) mass is 485 g/mol. The van der Waals surface area contributed by atoms with Crippen LogP contribution in [0.15, 0.2) is 35.5 Å². The second-order valence-electron chi connectivity index (χ2n) is 11.0. The molecule has 0 radical (unpaired) electrons. The number of halogens is 3. The Labute approximate surface area is 200 Å². The van der Waals surface area contributed by atoms with Gasteiger partial charge in [-0.2, -0.15) is 13.2 Å². The summed E-state index contributed by atoms with van der Waals surface area (Å²) in [6, 6.07) is 5.28. The Morgan fingerprint density at radius 2 is 1.89 bits per heavy atom. The lowest BCUT2D eigenvalue weighted by Gasteiger charge is -2.70. The molecule has 7 rings (SSSR count). The first-order valence-corrected chi connectivity index (χ1v) is 12.0. The van der Waals surface area contributed by atoms with Crippen LogP contribution in [0, 0.1) is 11.3 Å². The lowest BCUT2D eigenvalue weighted by atomic mass is 9.38. The van der Waals surface area contributed by atoms with Crippen LogP contribution in [0.25, 0.3) is 0 Å². The molecule has 2 atom stereocenters. The molecular weight excluding hydrogens is 459 g/mol. The zero-order valence-electron chi connectivity index (χ0n) is 19.3. The van der Waals surface area contributed by atoms with E-state index in [0.29, 0.717) is 37.8 Å². The zero-order valence-corrected chi connectivity index (χ0v) is 19.3. The number of nitrogens with zero attached hydrogens (tertiary/aromatic N) is 2. The molecule has 2 N–H and O–H groups in total. The predicted molar refractivity (Wildman–Crippen MR) is 122 cm³/mol. The van der Waals surface area contributed by atoms with Gasteiger partial charge in [-0.25, -0.2) is 4.99 Å². The lowest BCUT2D eigenvalue weighted by molar-refractivity contribution is -0.172. The van der Waals surface area contributed by atoms with Gasteiger partial charge in [-0.1, -0.05) is 12.1 Å². The van der Waals surface area contributed by atoms with Crippen LogP contribution in [0.3, 0.4) is 0 Å². The van der Waals surface area contributed by atoms with Crippen LogP contribution >= 0.6 is 0 Å². The highest BCUT2D eigenvalue weighted by Gasteiger charge is 2.69. The summed E-state index contributed by atoms with van der Waals surface area (Å²) in [5.41, 5.74) is 0.731. The molecule has 1 aliphatic heterocycles. The molecule has 2 bridgehead atoms. The van der Waals surface area contributed by atoms with E-state index < -0.39 is 17.7 Å². The van der Waals surface area contributed by atoms with Gasteiger partial charge in [0.1, 0.15) is 5.82 Å². The SMILES string of the molecule is CCn1cc(C(=O)NC23CC(CC(=O)O)(C2)C3)c2c1N=CC1CC21Cc1ccc(C(F)(F)F)cc1. The van der Waals surface area contributed by atoms with Crippen molar-refractivity contribution in [3.8, 4) is 0 Å². The molecular formula is C26H26F3N3O3. The van der Waals surface area contributed by atoms with Crippen LogP contribution in [0.1, 0.15) is 66.1 Å². The fraction of sp³-hybridized carbons (Fsp3) is 0.500. The first kappa shape index (κ1) is 22.4. The van der Waals surface area contributed by atoms with Crippen molar-refractivity contribution >= 4 is 23.9 Å². The zero-order chi connectivity index (χ0) is 24.8. The molecule has 35 heavy (non-hydrogen) atoms. The van der Waals surface area contributed by atoms with E-state index in [9.17, 15) is 22.8 Å². The molecule has 2 unspecified atom stereocenters. The highest BCUT2D eigenvalue weighted by atomic mass is 19.4. The summed E-state index contributed by atoms with van der Waals surface area (Å²) >= 11 is 0. The van der Waals surface area contributed by atoms with Gasteiger partial charge in [-0.05, 0) is 62.1 Å². The van der Waals surface area contributed by atoms with E-state index in [0.717, 1.165) is 35.5 Å². The molecule has 4 saturated carbocycles. The summed E-state index contributed by atoms with van der Waals surface area (Å²) in [5, 5.41) is 12.3. The first-order chi connectivity index (χ1) is 16.5. The van der Waals surface area contributed by atoms with Gasteiger partial charge in [0.2, 0.25) is 0 Å². The third-order valence-electron chi connectivity index (χ3n) is 8.49. The molecule has 2 aromatic rings. The summed E-state index contributed by atoms with van der Waals surface area (Å²) in [6.45, 7) is 2.62. The van der Waals surface area contributed by atoms with E-state index in [1.165, 1.54) is 12.1 Å². The first-order valence-electron chi connectivity index (χ1n) is 12.0. The summed E-state index contributed by atoms with van der Waals surface area (Å²) < 4.78 is 41.0. The topological polar surface area (TPSA) is 83.7 Å². The number of aliphatic imine (C=N–C) groups is 1. The second kappa shape index (κ2) is 6.98. The number of carboxylic acids is 1. The van der Waals surface area contributed by atoms with Gasteiger partial charge in [0.15, 0.2) is 0 Å². The summed E-state index contributed by atoms with van der Waals surface area (Å²) in [5.74, 6) is -0.0863. The fourth-order valence-corrected chi connectivity index (χ4v) is 6.98. The fourth-order valence-electron chi connectivity index (χ4n) is 6.98. The van der Waals surface area contributed by atoms with Gasteiger partial charge < -0.3 is 15.0 Å². The summed E-state index contributed by atoms with van der Waals surface area (Å²) in [4.78, 5) is 29.3. The van der Waals surface area contributed by atoms with Crippen LogP contribution in [-0.2, 0) is 29.4 Å². The molecule has 4 fully saturated rings. The van der Waals surface area contributed by atoms with E-state index in [1.807, 2.05) is 23.9 Å². The number of amides is 1. The molecule has 4 aliphatic carbocycles. The third kappa shape index (κ3) is 3.34. The van der Waals surface area contributed by atoms with Gasteiger partial charge >= 0.3 is 12.1 Å². The Morgan fingerprint density at radius 3 is 2.49 bits per heavy atom. The minimum absolute atomic E-state index is 0.138. The highest BCUT2D eigenvalue weighted by molar-refractivity contribution is 6.00. The van der Waals surface area contributed by atoms with Crippen molar-refractivity contribution in [3.63, 3.8) is 0 Å². The Hall–Kier alpha value is -3.10. The number of carbonyl (C=O) groups is 2. The summed E-state index contributed by atoms with van der Waals surface area (Å²) in [7, 11) is 0. The van der Waals surface area contributed by atoms with E-state index in [2.05, 4.69) is 10.3 Å². The van der Waals surface area contributed by atoms with E-state index >= 15 is 0 Å². The minimum Gasteiger partial charge on any atom is -0.481 e. The minimum atomic E-state index is -4.38. The smallest absolute Gasteiger partial charge is 0.416 e. The molecule has 0 spiro atoms. The Kier molecular flexibility index (Phi) is 4.46. The van der Waals surface area contributed by atoms with E-state index in [1.54, 1.807) is 0 Å². The van der Waals surface area contributed by atoms with Crippen LogP contribution in [0.5, 0.6) is 0 Å². The predicted octanol–water partition coefficient (Wildman–Crippen LogP) is 4.87. The number of fused-ring (bicyclic) bond motifs is 3. The molecule has 1 aromatic carbocycles. The van der Waals surface area contributed by atoms with Gasteiger partial charge in [0.05, 0.1) is 17.5 Å². The maximum atomic E-state index is 13.5. The van der Waals surface area contributed by atoms with Crippen molar-refractivity contribution in [2.75, 3.05) is 0 Å². The van der Waals surface area contributed by atoms with E-state index in [4.69, 9.17) is 5.11 Å². The number of aliphatic carboxylic acids is 1. The van der Waals surface area contributed by atoms with Crippen molar-refractivity contribution in [3.05, 3.63) is 52.7 Å². The van der Waals surface area contributed by atoms with Crippen molar-refractivity contribution in [1.82, 2.24) is 9.88 Å². The quantitative estimate of drug-likeness (QED) is 0.587. The molecule has 6 nitrogen and oxygen atoms in total. The standard InChI is InChI=1S/C26H26F3N3O3/c1-2-32-11-18(22(35)31-24-12-23(13-24,14-24)9-19(33)34)20-21(32)30-10-17-8-25(17,20)7-15-3-5-16(6-4-15)26(27,28)29/h3-6,10-11,17H,2,7-9,12-14H2,1H3,(H,31,35)(H,33,34). The molecule has 184 valence electrons. The lowest BCUT2D eigenvalue weighted by Crippen LogP contribution is -2.75. The largest absolute Gasteiger partial charge is 0.481 e. The molecule has 9 heteroatoms. The average molecular weight is 486 g/mol. The normalized spacial score (nSPS) is 31.6. The van der Waals surface area contributed by atoms with Gasteiger partial charge in [0, 0.05) is 41.4 Å². The maximum absolute atomic E-state index is 13.5. The number of hydrogen-bond donors (Lipinski definition) is 2. The van der Waals surface area contributed by atoms with Crippen LogP contribution in [0.2, 0.25) is 0 Å². The van der Waals surface area contributed by atoms with Crippen LogP contribution in [-0.4, -0.2) is 33.3 Å². The average Bonchev–Trinajstić information content (AvgIpc) is 3.32. The number of alkyl halides is 3. The van der Waals surface area contributed by atoms with Crippen LogP contribution < -0.4 is 5.32 Å². The van der Waals surface area contributed by atoms with Crippen molar-refractivity contribution in [1.29, 1.82) is 0 Å². The van der Waals surface area contributed by atoms with Gasteiger partial charge in [-0.15, -0.1) is 0 Å². The molecule has 0 saturated heterocycles. The molecule has 1 amide bonds. The van der Waals surface area contributed by atoms with Crippen molar-refractivity contribution in [2.45, 2.75) is 69.1 Å². The Balaban J connectivity index is 1.27. The van der Waals surface area contributed by atoms with Crippen molar-refractivity contribution in [2.24, 2.45) is 16.3 Å². The Morgan fingerprint density at radius 1 is 1.20 bits per heavy atom. The number of carboxylic acid groups (broad SMARTS) is 1. The maximum Gasteiger partial charge on any atom is 0.416 e. The van der Waals surface area contributed by atoms with Crippen molar-refractivity contribution < 1.29 is 27.9 Å². The number of aryl methyl sites for hydroxylation is 1. The van der Waals surface area contributed by atoms with Gasteiger partial charge in [-0.3, -0.25) is 9.59 Å². The van der Waals surface area contributed by atoms with Gasteiger partial charge in [0.25, 0.3) is 5.91 Å². The molecule has 5 aliphatic rings.